The Morgan fingerprint density at radius 1 is 1.21 bits per heavy atom. The summed E-state index contributed by atoms with van der Waals surface area (Å²) < 4.78 is 38.7. The first-order valence-corrected chi connectivity index (χ1v) is 3.52. The Labute approximate surface area is 77.7 Å². The van der Waals surface area contributed by atoms with Gasteiger partial charge < -0.3 is 4.74 Å². The molecule has 0 saturated carbocycles. The first-order valence-electron chi connectivity index (χ1n) is 3.52. The number of nitriles is 1. The summed E-state index contributed by atoms with van der Waals surface area (Å²) in [6, 6.07) is 4.86. The lowest BCUT2D eigenvalue weighted by Gasteiger charge is -2.08. The third-order valence-corrected chi connectivity index (χ3v) is 1.29. The van der Waals surface area contributed by atoms with Gasteiger partial charge in [-0.3, -0.25) is 5.32 Å². The molecule has 3 nitrogen and oxygen atoms in total. The fourth-order valence-corrected chi connectivity index (χ4v) is 0.804. The molecule has 0 fully saturated rings. The smallest absolute Gasteiger partial charge is 0.406 e. The molecule has 0 aliphatic rings. The van der Waals surface area contributed by atoms with E-state index in [0.29, 0.717) is 5.69 Å². The maximum absolute atomic E-state index is 11.7. The van der Waals surface area contributed by atoms with Crippen LogP contribution in [0.2, 0.25) is 0 Å². The van der Waals surface area contributed by atoms with E-state index in [1.54, 1.807) is 6.19 Å². The molecule has 14 heavy (non-hydrogen) atoms. The summed E-state index contributed by atoms with van der Waals surface area (Å²) in [5.74, 6) is -0.319. The number of rotatable bonds is 2. The number of ether oxygens (including phenoxy) is 1. The van der Waals surface area contributed by atoms with Gasteiger partial charge in [-0.25, -0.2) is 0 Å². The number of anilines is 1. The van der Waals surface area contributed by atoms with Crippen molar-refractivity contribution in [2.24, 2.45) is 0 Å². The molecule has 0 spiro atoms. The van der Waals surface area contributed by atoms with Gasteiger partial charge >= 0.3 is 6.36 Å². The van der Waals surface area contributed by atoms with E-state index in [-0.39, 0.29) is 5.75 Å². The fraction of sp³-hybridized carbons (Fsp3) is 0.125. The second kappa shape index (κ2) is 3.87. The van der Waals surface area contributed by atoms with E-state index in [2.05, 4.69) is 10.1 Å². The first-order chi connectivity index (χ1) is 6.51. The number of benzene rings is 1. The van der Waals surface area contributed by atoms with Crippen LogP contribution in [-0.4, -0.2) is 6.36 Å². The quantitative estimate of drug-likeness (QED) is 0.591. The highest BCUT2D eigenvalue weighted by atomic mass is 19.4. The van der Waals surface area contributed by atoms with Crippen molar-refractivity contribution in [1.29, 1.82) is 5.26 Å². The molecule has 74 valence electrons. The lowest BCUT2D eigenvalue weighted by atomic mass is 10.3. The molecule has 0 atom stereocenters. The molecule has 1 aromatic carbocycles. The summed E-state index contributed by atoms with van der Waals surface area (Å²) in [6.45, 7) is 0. The van der Waals surface area contributed by atoms with Gasteiger partial charge in [0.1, 0.15) is 5.75 Å². The number of alkyl halides is 3. The van der Waals surface area contributed by atoms with Crippen molar-refractivity contribution in [3.05, 3.63) is 24.3 Å². The van der Waals surface area contributed by atoms with Crippen LogP contribution in [0.15, 0.2) is 24.3 Å². The zero-order valence-electron chi connectivity index (χ0n) is 6.80. The summed E-state index contributed by atoms with van der Waals surface area (Å²) in [4.78, 5) is 0. The second-order valence-corrected chi connectivity index (χ2v) is 2.31. The van der Waals surface area contributed by atoms with Crippen molar-refractivity contribution in [2.75, 3.05) is 5.32 Å². The van der Waals surface area contributed by atoms with E-state index < -0.39 is 6.36 Å². The van der Waals surface area contributed by atoms with Crippen LogP contribution in [-0.2, 0) is 0 Å². The van der Waals surface area contributed by atoms with Gasteiger partial charge in [-0.1, -0.05) is 0 Å². The van der Waals surface area contributed by atoms with Crippen molar-refractivity contribution in [3.63, 3.8) is 0 Å². The second-order valence-electron chi connectivity index (χ2n) is 2.31. The Hall–Kier alpha value is -1.90. The van der Waals surface area contributed by atoms with Gasteiger partial charge in [0.15, 0.2) is 6.19 Å². The van der Waals surface area contributed by atoms with Crippen LogP contribution in [0.3, 0.4) is 0 Å². The van der Waals surface area contributed by atoms with Crippen LogP contribution in [0.1, 0.15) is 0 Å². The van der Waals surface area contributed by atoms with E-state index in [1.807, 2.05) is 0 Å². The van der Waals surface area contributed by atoms with Crippen molar-refractivity contribution in [2.45, 2.75) is 6.36 Å². The van der Waals surface area contributed by atoms with Crippen LogP contribution >= 0.6 is 0 Å². The van der Waals surface area contributed by atoms with Gasteiger partial charge in [0.25, 0.3) is 0 Å². The Morgan fingerprint density at radius 3 is 2.21 bits per heavy atom. The standard InChI is InChI=1S/C8H5F3N2O/c9-8(10,11)14-7-3-1-6(2-4-7)13-5-12/h1-4,13H. The Balaban J connectivity index is 2.70. The van der Waals surface area contributed by atoms with Crippen LogP contribution < -0.4 is 10.1 Å². The highest BCUT2D eigenvalue weighted by Crippen LogP contribution is 2.23. The van der Waals surface area contributed by atoms with Crippen molar-refractivity contribution in [3.8, 4) is 11.9 Å². The number of halogens is 3. The fourth-order valence-electron chi connectivity index (χ4n) is 0.804. The Kier molecular flexibility index (Phi) is 2.82. The molecular formula is C8H5F3N2O. The summed E-state index contributed by atoms with van der Waals surface area (Å²) in [5.41, 5.74) is 0.405. The van der Waals surface area contributed by atoms with E-state index in [9.17, 15) is 13.2 Å². The molecule has 6 heteroatoms. The minimum Gasteiger partial charge on any atom is -0.406 e. The predicted molar refractivity (Wildman–Crippen MR) is 42.4 cm³/mol. The monoisotopic (exact) mass is 202 g/mol. The third kappa shape index (κ3) is 3.23. The van der Waals surface area contributed by atoms with Crippen molar-refractivity contribution >= 4 is 5.69 Å². The highest BCUT2D eigenvalue weighted by Gasteiger charge is 2.30. The molecule has 0 radical (unpaired) electrons. The number of nitrogens with zero attached hydrogens (tertiary/aromatic N) is 1. The SMILES string of the molecule is N#CNc1ccc(OC(F)(F)F)cc1. The average Bonchev–Trinajstić information content (AvgIpc) is 2.06. The van der Waals surface area contributed by atoms with Gasteiger partial charge in [0.2, 0.25) is 0 Å². The molecule has 0 unspecified atom stereocenters. The predicted octanol–water partition coefficient (Wildman–Crippen LogP) is 2.48. The summed E-state index contributed by atoms with van der Waals surface area (Å²) in [6.07, 6.45) is -3.05. The largest absolute Gasteiger partial charge is 0.573 e. The van der Waals surface area contributed by atoms with Gasteiger partial charge in [-0.05, 0) is 24.3 Å². The number of hydrogen-bond donors (Lipinski definition) is 1. The molecule has 0 aliphatic heterocycles. The maximum Gasteiger partial charge on any atom is 0.573 e. The minimum atomic E-state index is -4.69. The molecule has 0 aliphatic carbocycles. The number of hydrogen-bond acceptors (Lipinski definition) is 3. The van der Waals surface area contributed by atoms with E-state index in [4.69, 9.17) is 5.26 Å². The molecule has 1 aromatic rings. The Morgan fingerprint density at radius 2 is 1.79 bits per heavy atom. The normalized spacial score (nSPS) is 10.4. The first kappa shape index (κ1) is 10.2. The lowest BCUT2D eigenvalue weighted by molar-refractivity contribution is -0.274. The van der Waals surface area contributed by atoms with Gasteiger partial charge in [0.05, 0.1) is 0 Å². The molecule has 0 bridgehead atoms. The van der Waals surface area contributed by atoms with Crippen molar-refractivity contribution in [1.82, 2.24) is 0 Å². The van der Waals surface area contributed by atoms with E-state index in [1.165, 1.54) is 12.1 Å². The van der Waals surface area contributed by atoms with Crippen LogP contribution in [0.5, 0.6) is 5.75 Å². The maximum atomic E-state index is 11.7. The zero-order chi connectivity index (χ0) is 10.6. The van der Waals surface area contributed by atoms with E-state index in [0.717, 1.165) is 12.1 Å². The van der Waals surface area contributed by atoms with Crippen molar-refractivity contribution < 1.29 is 17.9 Å². The van der Waals surface area contributed by atoms with Crippen LogP contribution in [0.25, 0.3) is 0 Å². The summed E-state index contributed by atoms with van der Waals surface area (Å²) >= 11 is 0. The Bertz CT molecular complexity index is 339. The molecule has 0 saturated heterocycles. The molecule has 1 N–H and O–H groups in total. The minimum absolute atomic E-state index is 0.319. The molecule has 1 rings (SSSR count). The number of nitrogens with one attached hydrogen (secondary N) is 1. The van der Waals surface area contributed by atoms with Gasteiger partial charge in [-0.2, -0.15) is 5.26 Å². The summed E-state index contributed by atoms with van der Waals surface area (Å²) in [5, 5.41) is 10.5. The lowest BCUT2D eigenvalue weighted by Crippen LogP contribution is -2.16. The zero-order valence-corrected chi connectivity index (χ0v) is 6.80. The third-order valence-electron chi connectivity index (χ3n) is 1.29. The molecule has 0 heterocycles. The van der Waals surface area contributed by atoms with Crippen LogP contribution in [0, 0.1) is 11.5 Å². The van der Waals surface area contributed by atoms with Gasteiger partial charge in [0, 0.05) is 5.69 Å². The molecule has 0 aromatic heterocycles. The highest BCUT2D eigenvalue weighted by molar-refractivity contribution is 5.48. The van der Waals surface area contributed by atoms with Crippen LogP contribution in [0.4, 0.5) is 18.9 Å². The summed E-state index contributed by atoms with van der Waals surface area (Å²) in [7, 11) is 0. The van der Waals surface area contributed by atoms with Gasteiger partial charge in [-0.15, -0.1) is 13.2 Å². The van der Waals surface area contributed by atoms with E-state index >= 15 is 0 Å². The molecular weight excluding hydrogens is 197 g/mol. The topological polar surface area (TPSA) is 45.0 Å². The average molecular weight is 202 g/mol. The molecule has 0 amide bonds.